The van der Waals surface area contributed by atoms with Crippen LogP contribution in [0.5, 0.6) is 0 Å². The highest BCUT2D eigenvalue weighted by Gasteiger charge is 2.38. The number of hydrogen-bond acceptors (Lipinski definition) is 12. The van der Waals surface area contributed by atoms with Crippen LogP contribution in [0.25, 0.3) is 0 Å². The summed E-state index contributed by atoms with van der Waals surface area (Å²) in [5, 5.41) is 56.1. The molecule has 18 nitrogen and oxygen atoms in total. The maximum absolute atomic E-state index is 13.0. The Bertz CT molecular complexity index is 4330. The van der Waals surface area contributed by atoms with Gasteiger partial charge in [0.25, 0.3) is 0 Å². The molecule has 0 radical (unpaired) electrons. The monoisotopic (exact) mass is 1850 g/mol. The predicted octanol–water partition coefficient (Wildman–Crippen LogP) is 21.0. The highest BCUT2D eigenvalue weighted by molar-refractivity contribution is 14.1. The number of benzene rings is 6. The van der Waals surface area contributed by atoms with Gasteiger partial charge in [0.15, 0.2) is 0 Å². The van der Waals surface area contributed by atoms with Gasteiger partial charge in [0.2, 0.25) is 0 Å². The van der Waals surface area contributed by atoms with E-state index in [0.29, 0.717) is 35.4 Å². The van der Waals surface area contributed by atoms with Gasteiger partial charge in [-0.1, -0.05) is 166 Å². The van der Waals surface area contributed by atoms with Gasteiger partial charge >= 0.3 is 48.2 Å². The quantitative estimate of drug-likeness (QED) is 0.0157. The standard InChI is InChI=1S/2C18H21F3O3.C18H24O3.C14H15ClO3.C14H15FO3.C14H15IO3/c19-18(20,21)15-8-4-5-12(10-15)9-14(17(23)24)11-16(22)13-6-2-1-3-7-13;19-18(20,21)15-8-6-12(7-9-15)10-14(17(23)24)11-16(22)13-4-2-1-3-5-13;1-13-6-5-7-14(10-13)11-16(18(20)21)12-17(19)15-8-3-2-4-9-15;3*15-12-3-1-2-9(7-12)6-11(14(17)18)8-13(16)10-4-5-10/h4-5,8,10,13-14H,1-3,6-7,9,11H2,(H,23,24);6-9,13-14H,1-5,10-11H2,(H,23,24);5-7,10,15-16H,2-4,8-9,11-12H2,1H3,(H,20,21);3*1-3,7,10-11H,4-6,8H2,(H,17,18). The summed E-state index contributed by atoms with van der Waals surface area (Å²) in [7, 11) is 0. The van der Waals surface area contributed by atoms with E-state index in [1.807, 2.05) is 61.5 Å². The molecule has 6 unspecified atom stereocenters. The molecule has 0 aliphatic heterocycles. The molecule has 0 amide bonds. The molecule has 0 spiro atoms. The van der Waals surface area contributed by atoms with Gasteiger partial charge < -0.3 is 30.6 Å². The molecule has 0 aromatic heterocycles. The van der Waals surface area contributed by atoms with Crippen LogP contribution < -0.4 is 0 Å². The fourth-order valence-corrected chi connectivity index (χ4v) is 16.5. The van der Waals surface area contributed by atoms with Crippen LogP contribution in [0.15, 0.2) is 146 Å². The lowest BCUT2D eigenvalue weighted by molar-refractivity contribution is -0.144. The number of Topliss-reactive ketones (excluding diaryl/α,β-unsaturated/α-hetero) is 6. The molecule has 123 heavy (non-hydrogen) atoms. The van der Waals surface area contributed by atoms with Crippen LogP contribution in [-0.2, 0) is 108 Å². The van der Waals surface area contributed by atoms with Crippen molar-refractivity contribution in [1.82, 2.24) is 0 Å². The van der Waals surface area contributed by atoms with E-state index < -0.39 is 94.8 Å². The van der Waals surface area contributed by atoms with Crippen molar-refractivity contribution in [3.8, 4) is 0 Å². The van der Waals surface area contributed by atoms with Crippen LogP contribution in [-0.4, -0.2) is 101 Å². The second-order valence-corrected chi connectivity index (χ2v) is 35.2. The topological polar surface area (TPSA) is 326 Å². The molecule has 6 N–H and O–H groups in total. The number of halogens is 9. The van der Waals surface area contributed by atoms with Crippen molar-refractivity contribution in [2.45, 2.75) is 231 Å². The van der Waals surface area contributed by atoms with Gasteiger partial charge in [0.1, 0.15) is 40.5 Å². The van der Waals surface area contributed by atoms with Gasteiger partial charge in [-0.05, 0) is 233 Å². The molecule has 0 saturated heterocycles. The number of hydrogen-bond donors (Lipinski definition) is 6. The summed E-state index contributed by atoms with van der Waals surface area (Å²) in [6, 6.07) is 37.7. The first kappa shape index (κ1) is 101. The van der Waals surface area contributed by atoms with E-state index in [9.17, 15) is 109 Å². The van der Waals surface area contributed by atoms with Crippen LogP contribution in [0.2, 0.25) is 5.02 Å². The molecule has 0 bridgehead atoms. The zero-order valence-electron chi connectivity index (χ0n) is 69.1. The van der Waals surface area contributed by atoms with E-state index in [1.54, 1.807) is 30.3 Å². The lowest BCUT2D eigenvalue weighted by Gasteiger charge is -2.22. The first-order chi connectivity index (χ1) is 58.3. The molecule has 27 heteroatoms. The Morgan fingerprint density at radius 2 is 0.585 bits per heavy atom. The molecule has 6 atom stereocenters. The largest absolute Gasteiger partial charge is 0.481 e. The Balaban J connectivity index is 0.000000204. The second kappa shape index (κ2) is 50.0. The second-order valence-electron chi connectivity index (χ2n) is 33.6. The smallest absolute Gasteiger partial charge is 0.416 e. The predicted molar refractivity (Wildman–Crippen MR) is 456 cm³/mol. The van der Waals surface area contributed by atoms with E-state index in [2.05, 4.69) is 22.6 Å². The van der Waals surface area contributed by atoms with Crippen molar-refractivity contribution in [2.24, 2.45) is 71.0 Å². The lowest BCUT2D eigenvalue weighted by atomic mass is 9.82. The SMILES string of the molecule is Cc1cccc(CC(CC(=O)C2CCCCC2)C(=O)O)c1.O=C(O)C(CC(=O)C1CC1)Cc1cccc(Cl)c1.O=C(O)C(CC(=O)C1CC1)Cc1cccc(F)c1.O=C(O)C(CC(=O)C1CC1)Cc1cccc(I)c1.O=C(O)C(CC(=O)C1CCCCC1)Cc1ccc(C(F)(F)F)cc1.O=C(O)C(CC(=O)C1CCCCC1)Cc1cccc(C(F)(F)F)c1. The van der Waals surface area contributed by atoms with Crippen LogP contribution in [0.3, 0.4) is 0 Å². The maximum Gasteiger partial charge on any atom is 0.416 e. The van der Waals surface area contributed by atoms with Crippen molar-refractivity contribution in [3.05, 3.63) is 210 Å². The minimum absolute atomic E-state index is 0.0267. The number of alkyl halides is 6. The first-order valence-corrected chi connectivity index (χ1v) is 43.9. The summed E-state index contributed by atoms with van der Waals surface area (Å²) in [6.07, 6.45) is 13.0. The third-order valence-corrected chi connectivity index (χ3v) is 24.1. The molecule has 6 saturated carbocycles. The van der Waals surface area contributed by atoms with Crippen molar-refractivity contribution in [1.29, 1.82) is 0 Å². The summed E-state index contributed by atoms with van der Waals surface area (Å²) in [4.78, 5) is 140. The molecule has 666 valence electrons. The maximum atomic E-state index is 13.0. The average molecular weight is 1850 g/mol. The number of carbonyl (C=O) groups is 12. The number of ketones is 6. The van der Waals surface area contributed by atoms with Crippen LogP contribution in [0.1, 0.15) is 223 Å². The number of aliphatic carboxylic acids is 6. The Kier molecular flexibility index (Phi) is 41.0. The molecule has 6 fully saturated rings. The van der Waals surface area contributed by atoms with Gasteiger partial charge in [-0.2, -0.15) is 26.3 Å². The molecular weight excluding hydrogens is 1740 g/mol. The normalized spacial score (nSPS) is 16.9. The Labute approximate surface area is 731 Å². The summed E-state index contributed by atoms with van der Waals surface area (Å²) < 4.78 is 90.0. The summed E-state index contributed by atoms with van der Waals surface area (Å²) in [6.45, 7) is 1.99. The number of carbonyl (C=O) groups excluding carboxylic acids is 6. The fraction of sp³-hybridized carbons (Fsp3) is 0.500. The van der Waals surface area contributed by atoms with Crippen LogP contribution in [0.4, 0.5) is 30.7 Å². The third kappa shape index (κ3) is 37.6. The highest BCUT2D eigenvalue weighted by Crippen LogP contribution is 2.38. The number of aryl methyl sites for hydroxylation is 1. The minimum Gasteiger partial charge on any atom is -0.481 e. The summed E-state index contributed by atoms with van der Waals surface area (Å²) in [5.74, 6) is -10.2. The molecular formula is C96H111ClF7IO18. The number of carboxylic acid groups (broad SMARTS) is 6. The Hall–Kier alpha value is -9.31. The van der Waals surface area contributed by atoms with Gasteiger partial charge in [0.05, 0.1) is 46.6 Å². The van der Waals surface area contributed by atoms with Crippen LogP contribution in [0, 0.1) is 87.3 Å². The Morgan fingerprint density at radius 3 is 0.878 bits per heavy atom. The summed E-state index contributed by atoms with van der Waals surface area (Å²) in [5.41, 5.74) is 3.79. The van der Waals surface area contributed by atoms with Crippen molar-refractivity contribution < 1.29 is 119 Å². The molecule has 6 aliphatic rings. The van der Waals surface area contributed by atoms with Crippen molar-refractivity contribution in [3.63, 3.8) is 0 Å². The van der Waals surface area contributed by atoms with Gasteiger partial charge in [0, 0.05) is 82.6 Å². The van der Waals surface area contributed by atoms with Gasteiger partial charge in [-0.25, -0.2) is 4.39 Å². The summed E-state index contributed by atoms with van der Waals surface area (Å²) >= 11 is 8.06. The van der Waals surface area contributed by atoms with E-state index in [4.69, 9.17) is 21.8 Å². The molecule has 6 aromatic rings. The van der Waals surface area contributed by atoms with Crippen molar-refractivity contribution in [2.75, 3.05) is 0 Å². The van der Waals surface area contributed by atoms with E-state index in [-0.39, 0.29) is 139 Å². The third-order valence-electron chi connectivity index (χ3n) is 23.2. The zero-order chi connectivity index (χ0) is 90.1. The highest BCUT2D eigenvalue weighted by atomic mass is 127. The average Bonchev–Trinajstić information content (AvgIpc) is 1.02. The lowest BCUT2D eigenvalue weighted by Crippen LogP contribution is -2.25. The molecule has 12 rings (SSSR count). The van der Waals surface area contributed by atoms with E-state index in [1.165, 1.54) is 42.8 Å². The number of carboxylic acids is 6. The Morgan fingerprint density at radius 1 is 0.317 bits per heavy atom. The van der Waals surface area contributed by atoms with Gasteiger partial charge in [-0.3, -0.25) is 57.5 Å². The zero-order valence-corrected chi connectivity index (χ0v) is 72.0. The van der Waals surface area contributed by atoms with E-state index in [0.717, 1.165) is 179 Å². The van der Waals surface area contributed by atoms with Crippen LogP contribution >= 0.6 is 34.2 Å². The number of rotatable bonds is 36. The molecule has 6 aromatic carbocycles. The molecule has 0 heterocycles. The molecule has 6 aliphatic carbocycles. The first-order valence-electron chi connectivity index (χ1n) is 42.4. The fourth-order valence-electron chi connectivity index (χ4n) is 15.7. The van der Waals surface area contributed by atoms with E-state index >= 15 is 0 Å². The van der Waals surface area contributed by atoms with Gasteiger partial charge in [-0.15, -0.1) is 0 Å². The minimum atomic E-state index is -4.47. The van der Waals surface area contributed by atoms with Crippen molar-refractivity contribution >= 4 is 105 Å².